The van der Waals surface area contributed by atoms with Crippen LogP contribution in [0.5, 0.6) is 0 Å². The molecule has 1 aromatic carbocycles. The Bertz CT molecular complexity index is 606. The predicted molar refractivity (Wildman–Crippen MR) is 90.7 cm³/mol. The lowest BCUT2D eigenvalue weighted by atomic mass is 9.89. The molecule has 0 radical (unpaired) electrons. The van der Waals surface area contributed by atoms with E-state index in [9.17, 15) is 9.59 Å². The first-order valence-corrected chi connectivity index (χ1v) is 8.84. The zero-order valence-corrected chi connectivity index (χ0v) is 13.8. The van der Waals surface area contributed by atoms with Gasteiger partial charge in [0.1, 0.15) is 0 Å². The Balaban J connectivity index is 1.71. The molecule has 0 N–H and O–H groups in total. The van der Waals surface area contributed by atoms with Crippen molar-refractivity contribution in [3.63, 3.8) is 0 Å². The number of hydrogen-bond acceptors (Lipinski definition) is 3. The number of halogens is 1. The van der Waals surface area contributed by atoms with Gasteiger partial charge >= 0.3 is 0 Å². The number of carbonyl (C=O) groups excluding carboxylic acids is 2. The number of amides is 2. The van der Waals surface area contributed by atoms with Crippen molar-refractivity contribution in [3.05, 3.63) is 39.8 Å². The molecule has 1 aromatic rings. The molecule has 0 bridgehead atoms. The van der Waals surface area contributed by atoms with Crippen molar-refractivity contribution in [1.29, 1.82) is 0 Å². The van der Waals surface area contributed by atoms with Crippen LogP contribution in [0.1, 0.15) is 37.7 Å². The number of carbonyl (C=O) groups is 2. The van der Waals surface area contributed by atoms with Crippen molar-refractivity contribution < 1.29 is 9.59 Å². The smallest absolute Gasteiger partial charge is 0.268 e. The van der Waals surface area contributed by atoms with Crippen molar-refractivity contribution in [2.24, 2.45) is 5.92 Å². The van der Waals surface area contributed by atoms with Gasteiger partial charge in [0, 0.05) is 11.6 Å². The van der Waals surface area contributed by atoms with Gasteiger partial charge in [-0.2, -0.15) is 0 Å². The second-order valence-electron chi connectivity index (χ2n) is 5.85. The molecule has 2 amide bonds. The molecule has 2 aliphatic rings. The van der Waals surface area contributed by atoms with Crippen LogP contribution in [-0.2, 0) is 4.79 Å². The number of thioether (sulfide) groups is 1. The Hall–Kier alpha value is -1.26. The van der Waals surface area contributed by atoms with E-state index in [0.717, 1.165) is 30.2 Å². The first kappa shape index (κ1) is 15.6. The summed E-state index contributed by atoms with van der Waals surface area (Å²) in [5.74, 6) is 0.313. The Morgan fingerprint density at radius 3 is 2.50 bits per heavy atom. The van der Waals surface area contributed by atoms with E-state index in [4.69, 9.17) is 11.6 Å². The van der Waals surface area contributed by atoms with Gasteiger partial charge < -0.3 is 0 Å². The summed E-state index contributed by atoms with van der Waals surface area (Å²) in [4.78, 5) is 26.5. The Labute approximate surface area is 139 Å². The molecule has 1 saturated carbocycles. The maximum absolute atomic E-state index is 12.5. The van der Waals surface area contributed by atoms with Gasteiger partial charge in [0.2, 0.25) is 0 Å². The second-order valence-corrected chi connectivity index (χ2v) is 7.28. The molecule has 3 nitrogen and oxygen atoms in total. The quantitative estimate of drug-likeness (QED) is 0.733. The van der Waals surface area contributed by atoms with Crippen molar-refractivity contribution in [2.45, 2.75) is 32.1 Å². The van der Waals surface area contributed by atoms with Crippen molar-refractivity contribution >= 4 is 40.6 Å². The topological polar surface area (TPSA) is 37.4 Å². The van der Waals surface area contributed by atoms with Crippen LogP contribution in [0.4, 0.5) is 4.79 Å². The lowest BCUT2D eigenvalue weighted by Crippen LogP contribution is -2.34. The van der Waals surface area contributed by atoms with Crippen LogP contribution in [0.15, 0.2) is 29.2 Å². The van der Waals surface area contributed by atoms with Crippen LogP contribution in [0, 0.1) is 5.92 Å². The molecule has 0 unspecified atom stereocenters. The molecule has 0 atom stereocenters. The molecule has 2 fully saturated rings. The van der Waals surface area contributed by atoms with Crippen LogP contribution in [-0.4, -0.2) is 22.6 Å². The minimum Gasteiger partial charge on any atom is -0.268 e. The standard InChI is InChI=1S/C17H18ClNO2S/c18-14-8-6-12(7-9-14)10-15-16(20)19(17(21)22-15)11-13-4-2-1-3-5-13/h6-10,13H,1-5,11H2/b15-10+. The first-order chi connectivity index (χ1) is 10.6. The Kier molecular flexibility index (Phi) is 4.89. The molecular formula is C17H18ClNO2S. The number of hydrogen-bond donors (Lipinski definition) is 0. The first-order valence-electron chi connectivity index (χ1n) is 7.64. The highest BCUT2D eigenvalue weighted by atomic mass is 35.5. The van der Waals surface area contributed by atoms with E-state index in [1.54, 1.807) is 18.2 Å². The second kappa shape index (κ2) is 6.88. The highest BCUT2D eigenvalue weighted by Gasteiger charge is 2.36. The molecule has 22 heavy (non-hydrogen) atoms. The third-order valence-electron chi connectivity index (χ3n) is 4.21. The van der Waals surface area contributed by atoms with E-state index in [0.29, 0.717) is 22.4 Å². The normalized spacial score (nSPS) is 21.9. The van der Waals surface area contributed by atoms with E-state index in [1.165, 1.54) is 24.2 Å². The van der Waals surface area contributed by atoms with Crippen LogP contribution < -0.4 is 0 Å². The zero-order chi connectivity index (χ0) is 15.5. The van der Waals surface area contributed by atoms with Crippen molar-refractivity contribution in [1.82, 2.24) is 4.90 Å². The third kappa shape index (κ3) is 3.55. The summed E-state index contributed by atoms with van der Waals surface area (Å²) in [6, 6.07) is 7.24. The van der Waals surface area contributed by atoms with Gasteiger partial charge in [-0.05, 0) is 54.3 Å². The van der Waals surface area contributed by atoms with Gasteiger partial charge in [0.05, 0.1) is 4.91 Å². The fraction of sp³-hybridized carbons (Fsp3) is 0.412. The number of rotatable bonds is 3. The van der Waals surface area contributed by atoms with Gasteiger partial charge in [-0.1, -0.05) is 43.0 Å². The van der Waals surface area contributed by atoms with Crippen LogP contribution in [0.25, 0.3) is 6.08 Å². The zero-order valence-electron chi connectivity index (χ0n) is 12.3. The SMILES string of the molecule is O=C1S/C(=C/c2ccc(Cl)cc2)C(=O)N1CC1CCCCC1. The van der Waals surface area contributed by atoms with Crippen LogP contribution in [0.2, 0.25) is 5.02 Å². The molecule has 3 rings (SSSR count). The van der Waals surface area contributed by atoms with Gasteiger partial charge in [0.25, 0.3) is 11.1 Å². The van der Waals surface area contributed by atoms with Gasteiger partial charge in [-0.3, -0.25) is 14.5 Å². The van der Waals surface area contributed by atoms with E-state index < -0.39 is 0 Å². The summed E-state index contributed by atoms with van der Waals surface area (Å²) in [6.07, 6.45) is 7.70. The van der Waals surface area contributed by atoms with Crippen LogP contribution >= 0.6 is 23.4 Å². The fourth-order valence-corrected chi connectivity index (χ4v) is 3.97. The Morgan fingerprint density at radius 2 is 1.82 bits per heavy atom. The highest BCUT2D eigenvalue weighted by molar-refractivity contribution is 8.18. The molecule has 1 aliphatic carbocycles. The minimum absolute atomic E-state index is 0.143. The van der Waals surface area contributed by atoms with Crippen molar-refractivity contribution in [2.75, 3.05) is 6.54 Å². The number of benzene rings is 1. The third-order valence-corrected chi connectivity index (χ3v) is 5.37. The van der Waals surface area contributed by atoms with E-state index in [1.807, 2.05) is 12.1 Å². The molecule has 116 valence electrons. The fourth-order valence-electron chi connectivity index (χ4n) is 3.00. The van der Waals surface area contributed by atoms with Crippen LogP contribution in [0.3, 0.4) is 0 Å². The lowest BCUT2D eigenvalue weighted by Gasteiger charge is -2.25. The predicted octanol–water partition coefficient (Wildman–Crippen LogP) is 4.96. The molecule has 1 saturated heterocycles. The molecule has 0 aromatic heterocycles. The number of imide groups is 1. The monoisotopic (exact) mass is 335 g/mol. The van der Waals surface area contributed by atoms with Crippen molar-refractivity contribution in [3.8, 4) is 0 Å². The summed E-state index contributed by atoms with van der Waals surface area (Å²) >= 11 is 6.89. The number of nitrogens with zero attached hydrogens (tertiary/aromatic N) is 1. The summed E-state index contributed by atoms with van der Waals surface area (Å²) in [5, 5.41) is 0.512. The molecule has 1 heterocycles. The maximum atomic E-state index is 12.5. The largest absolute Gasteiger partial charge is 0.293 e. The average molecular weight is 336 g/mol. The van der Waals surface area contributed by atoms with E-state index >= 15 is 0 Å². The highest BCUT2D eigenvalue weighted by Crippen LogP contribution is 2.34. The van der Waals surface area contributed by atoms with E-state index in [-0.39, 0.29) is 11.1 Å². The molecule has 0 spiro atoms. The summed E-state index contributed by atoms with van der Waals surface area (Å²) in [5.41, 5.74) is 0.882. The minimum atomic E-state index is -0.157. The van der Waals surface area contributed by atoms with Gasteiger partial charge in [0.15, 0.2) is 0 Å². The summed E-state index contributed by atoms with van der Waals surface area (Å²) in [7, 11) is 0. The van der Waals surface area contributed by atoms with E-state index in [2.05, 4.69) is 0 Å². The summed E-state index contributed by atoms with van der Waals surface area (Å²) in [6.45, 7) is 0.572. The average Bonchev–Trinajstić information content (AvgIpc) is 2.78. The maximum Gasteiger partial charge on any atom is 0.293 e. The molecular weight excluding hydrogens is 318 g/mol. The molecule has 1 aliphatic heterocycles. The van der Waals surface area contributed by atoms with Gasteiger partial charge in [-0.15, -0.1) is 0 Å². The summed E-state index contributed by atoms with van der Waals surface area (Å²) < 4.78 is 0. The molecule has 5 heteroatoms. The lowest BCUT2D eigenvalue weighted by molar-refractivity contribution is -0.123. The van der Waals surface area contributed by atoms with Gasteiger partial charge in [-0.25, -0.2) is 0 Å². The Morgan fingerprint density at radius 1 is 1.14 bits per heavy atom.